The smallest absolute Gasteiger partial charge is 0.224 e. The number of hydrogen-bond donors (Lipinski definition) is 0. The molecule has 1 atom stereocenters. The third-order valence-electron chi connectivity index (χ3n) is 1.96. The van der Waals surface area contributed by atoms with E-state index in [9.17, 15) is 4.79 Å². The van der Waals surface area contributed by atoms with Gasteiger partial charge in [0.15, 0.2) is 0 Å². The summed E-state index contributed by atoms with van der Waals surface area (Å²) in [5.74, 6) is -0.0482. The maximum absolute atomic E-state index is 11.2. The average Bonchev–Trinajstić information content (AvgIpc) is 2.43. The van der Waals surface area contributed by atoms with Gasteiger partial charge >= 0.3 is 0 Å². The molecule has 0 aromatic rings. The van der Waals surface area contributed by atoms with Crippen LogP contribution in [-0.2, 0) is 9.53 Å². The maximum Gasteiger partial charge on any atom is 0.224 e. The van der Waals surface area contributed by atoms with E-state index in [0.717, 1.165) is 0 Å². The van der Waals surface area contributed by atoms with Gasteiger partial charge in [0.2, 0.25) is 5.91 Å². The van der Waals surface area contributed by atoms with Gasteiger partial charge in [-0.2, -0.15) is 5.26 Å². The van der Waals surface area contributed by atoms with Crippen LogP contribution in [0, 0.1) is 17.2 Å². The first-order chi connectivity index (χ1) is 5.77. The van der Waals surface area contributed by atoms with Gasteiger partial charge in [-0.15, -0.1) is 0 Å². The Balaban J connectivity index is 2.37. The molecule has 1 fully saturated rings. The molecular formula is C8H12N2O2. The van der Waals surface area contributed by atoms with Crippen LogP contribution in [0.1, 0.15) is 6.42 Å². The van der Waals surface area contributed by atoms with Crippen molar-refractivity contribution in [2.45, 2.75) is 6.42 Å². The van der Waals surface area contributed by atoms with Crippen LogP contribution in [-0.4, -0.2) is 37.6 Å². The van der Waals surface area contributed by atoms with Crippen LogP contribution < -0.4 is 0 Å². The van der Waals surface area contributed by atoms with E-state index in [0.29, 0.717) is 26.1 Å². The third kappa shape index (κ3) is 1.95. The van der Waals surface area contributed by atoms with Crippen LogP contribution in [0.2, 0.25) is 0 Å². The SMILES string of the molecule is COCCN1CC(C#N)CC1=O. The van der Waals surface area contributed by atoms with Gasteiger partial charge in [-0.25, -0.2) is 0 Å². The Kier molecular flexibility index (Phi) is 3.06. The summed E-state index contributed by atoms with van der Waals surface area (Å²) < 4.78 is 4.84. The topological polar surface area (TPSA) is 53.3 Å². The average molecular weight is 168 g/mol. The predicted molar refractivity (Wildman–Crippen MR) is 42.2 cm³/mol. The monoisotopic (exact) mass is 168 g/mol. The van der Waals surface area contributed by atoms with Gasteiger partial charge in [0, 0.05) is 26.6 Å². The number of methoxy groups -OCH3 is 1. The second-order valence-electron chi connectivity index (χ2n) is 2.86. The van der Waals surface area contributed by atoms with Crippen molar-refractivity contribution in [3.63, 3.8) is 0 Å². The van der Waals surface area contributed by atoms with E-state index in [1.807, 2.05) is 0 Å². The van der Waals surface area contributed by atoms with Crippen molar-refractivity contribution in [2.75, 3.05) is 26.8 Å². The van der Waals surface area contributed by atoms with Crippen LogP contribution in [0.15, 0.2) is 0 Å². The first kappa shape index (κ1) is 9.01. The van der Waals surface area contributed by atoms with Crippen molar-refractivity contribution in [1.29, 1.82) is 5.26 Å². The molecule has 0 bridgehead atoms. The molecule has 1 unspecified atom stereocenters. The molecule has 4 heteroatoms. The lowest BCUT2D eigenvalue weighted by molar-refractivity contribution is -0.128. The Morgan fingerprint density at radius 2 is 2.58 bits per heavy atom. The molecule has 0 aliphatic carbocycles. The van der Waals surface area contributed by atoms with Gasteiger partial charge in [0.05, 0.1) is 18.6 Å². The van der Waals surface area contributed by atoms with Crippen LogP contribution in [0.4, 0.5) is 0 Å². The van der Waals surface area contributed by atoms with Crippen molar-refractivity contribution in [3.8, 4) is 6.07 Å². The molecule has 1 saturated heterocycles. The Hall–Kier alpha value is -1.08. The number of ether oxygens (including phenoxy) is 1. The van der Waals surface area contributed by atoms with Crippen molar-refractivity contribution >= 4 is 5.91 Å². The van der Waals surface area contributed by atoms with E-state index in [1.165, 1.54) is 0 Å². The third-order valence-corrected chi connectivity index (χ3v) is 1.96. The molecule has 0 aromatic heterocycles. The van der Waals surface area contributed by atoms with E-state index in [2.05, 4.69) is 6.07 Å². The van der Waals surface area contributed by atoms with Crippen molar-refractivity contribution in [3.05, 3.63) is 0 Å². The number of rotatable bonds is 3. The summed E-state index contributed by atoms with van der Waals surface area (Å²) in [6.07, 6.45) is 0.375. The van der Waals surface area contributed by atoms with E-state index in [4.69, 9.17) is 10.00 Å². The lowest BCUT2D eigenvalue weighted by Crippen LogP contribution is -2.28. The normalized spacial score (nSPS) is 22.8. The first-order valence-electron chi connectivity index (χ1n) is 3.94. The molecule has 0 radical (unpaired) electrons. The highest BCUT2D eigenvalue weighted by Gasteiger charge is 2.28. The van der Waals surface area contributed by atoms with Crippen molar-refractivity contribution in [2.24, 2.45) is 5.92 Å². The number of nitrogens with zero attached hydrogens (tertiary/aromatic N) is 2. The van der Waals surface area contributed by atoms with Crippen LogP contribution >= 0.6 is 0 Å². The quantitative estimate of drug-likeness (QED) is 0.596. The fourth-order valence-electron chi connectivity index (χ4n) is 1.28. The minimum absolute atomic E-state index is 0.0681. The summed E-state index contributed by atoms with van der Waals surface area (Å²) in [4.78, 5) is 12.8. The van der Waals surface area contributed by atoms with E-state index >= 15 is 0 Å². The highest BCUT2D eigenvalue weighted by Crippen LogP contribution is 2.15. The Labute approximate surface area is 71.7 Å². The maximum atomic E-state index is 11.2. The summed E-state index contributed by atoms with van der Waals surface area (Å²) in [6, 6.07) is 2.10. The number of hydrogen-bond acceptors (Lipinski definition) is 3. The summed E-state index contributed by atoms with van der Waals surface area (Å²) >= 11 is 0. The van der Waals surface area contributed by atoms with Gasteiger partial charge in [-0.05, 0) is 0 Å². The Morgan fingerprint density at radius 3 is 3.08 bits per heavy atom. The molecule has 1 heterocycles. The molecule has 1 aliphatic heterocycles. The van der Waals surface area contributed by atoms with Crippen LogP contribution in [0.5, 0.6) is 0 Å². The standard InChI is InChI=1S/C8H12N2O2/c1-12-3-2-10-6-7(5-9)4-8(10)11/h7H,2-4,6H2,1H3. The number of amides is 1. The summed E-state index contributed by atoms with van der Waals surface area (Å²) in [6.45, 7) is 1.72. The molecule has 1 aliphatic rings. The Morgan fingerprint density at radius 1 is 1.83 bits per heavy atom. The predicted octanol–water partition coefficient (Wildman–Crippen LogP) is 0.00488. The minimum atomic E-state index is -0.116. The lowest BCUT2D eigenvalue weighted by atomic mass is 10.1. The molecule has 4 nitrogen and oxygen atoms in total. The molecule has 0 spiro atoms. The summed E-state index contributed by atoms with van der Waals surface area (Å²) in [5, 5.41) is 8.57. The molecule has 12 heavy (non-hydrogen) atoms. The number of carbonyl (C=O) groups excluding carboxylic acids is 1. The Bertz CT molecular complexity index is 210. The van der Waals surface area contributed by atoms with E-state index < -0.39 is 0 Å². The number of likely N-dealkylation sites (tertiary alicyclic amines) is 1. The lowest BCUT2D eigenvalue weighted by Gasteiger charge is -2.13. The van der Waals surface area contributed by atoms with Crippen molar-refractivity contribution < 1.29 is 9.53 Å². The molecule has 1 amide bonds. The number of carbonyl (C=O) groups is 1. The largest absolute Gasteiger partial charge is 0.383 e. The fourth-order valence-corrected chi connectivity index (χ4v) is 1.28. The fraction of sp³-hybridized carbons (Fsp3) is 0.750. The molecule has 0 N–H and O–H groups in total. The summed E-state index contributed by atoms with van der Waals surface area (Å²) in [5.41, 5.74) is 0. The van der Waals surface area contributed by atoms with Gasteiger partial charge in [-0.3, -0.25) is 4.79 Å². The number of nitriles is 1. The van der Waals surface area contributed by atoms with E-state index in [-0.39, 0.29) is 11.8 Å². The second kappa shape index (κ2) is 4.07. The van der Waals surface area contributed by atoms with Gasteiger partial charge in [0.1, 0.15) is 0 Å². The first-order valence-corrected chi connectivity index (χ1v) is 3.94. The molecule has 1 rings (SSSR count). The summed E-state index contributed by atoms with van der Waals surface area (Å²) in [7, 11) is 1.60. The van der Waals surface area contributed by atoms with Gasteiger partial charge < -0.3 is 9.64 Å². The zero-order chi connectivity index (χ0) is 8.97. The minimum Gasteiger partial charge on any atom is -0.383 e. The van der Waals surface area contributed by atoms with Crippen molar-refractivity contribution in [1.82, 2.24) is 4.90 Å². The van der Waals surface area contributed by atoms with Gasteiger partial charge in [-0.1, -0.05) is 0 Å². The molecular weight excluding hydrogens is 156 g/mol. The van der Waals surface area contributed by atoms with Crippen LogP contribution in [0.3, 0.4) is 0 Å². The zero-order valence-corrected chi connectivity index (χ0v) is 7.12. The molecule has 0 aromatic carbocycles. The molecule has 66 valence electrons. The highest BCUT2D eigenvalue weighted by atomic mass is 16.5. The molecule has 0 saturated carbocycles. The van der Waals surface area contributed by atoms with E-state index in [1.54, 1.807) is 12.0 Å². The zero-order valence-electron chi connectivity index (χ0n) is 7.12. The van der Waals surface area contributed by atoms with Crippen LogP contribution in [0.25, 0.3) is 0 Å². The van der Waals surface area contributed by atoms with Gasteiger partial charge in [0.25, 0.3) is 0 Å². The second-order valence-corrected chi connectivity index (χ2v) is 2.86. The highest BCUT2D eigenvalue weighted by molar-refractivity contribution is 5.79.